The summed E-state index contributed by atoms with van der Waals surface area (Å²) in [5.74, 6) is 1.95. The Bertz CT molecular complexity index is 3100. The monoisotopic (exact) mass is 663 g/mol. The third-order valence-electron chi connectivity index (χ3n) is 10.3. The Morgan fingerprint density at radius 2 is 0.788 bits per heavy atom. The predicted molar refractivity (Wildman–Crippen MR) is 214 cm³/mol. The lowest BCUT2D eigenvalue weighted by atomic mass is 10.1. The van der Waals surface area contributed by atoms with Crippen molar-refractivity contribution in [2.45, 2.75) is 0 Å². The van der Waals surface area contributed by atoms with Crippen LogP contribution in [0, 0.1) is 0 Å². The fourth-order valence-electron chi connectivity index (χ4n) is 7.94. The van der Waals surface area contributed by atoms with Gasteiger partial charge in [-0.3, -0.25) is 0 Å². The standard InChI is InChI=1S/C47H29N5/c1-3-13-30(14-4-1)45-48-46(31-15-5-2-6-16-31)50-47(49-45)32-23-25-34(26-24-32)51-40-21-11-10-20-38(40)39-27-33-28-43-37-19-8-7-17-35(37)36-18-9-12-22-41(36)52(43)42(33)29-44(39)51/h1-29H. The zero-order valence-corrected chi connectivity index (χ0v) is 28.0. The highest BCUT2D eigenvalue weighted by Crippen LogP contribution is 2.39. The second-order valence-electron chi connectivity index (χ2n) is 13.3. The highest BCUT2D eigenvalue weighted by Gasteiger charge is 2.18. The molecule has 11 rings (SSSR count). The SMILES string of the molecule is c1ccc(-c2nc(-c3ccccc3)nc(-c3ccc(-n4c5ccccc5c5cc6cc7c8ccccc8c8ccccc8n7c6cc54)cc3)n2)cc1. The van der Waals surface area contributed by atoms with E-state index in [1.54, 1.807) is 0 Å². The van der Waals surface area contributed by atoms with Gasteiger partial charge in [0.25, 0.3) is 0 Å². The summed E-state index contributed by atoms with van der Waals surface area (Å²) in [6.45, 7) is 0. The minimum absolute atomic E-state index is 0.641. The molecular weight excluding hydrogens is 635 g/mol. The maximum atomic E-state index is 4.96. The van der Waals surface area contributed by atoms with Gasteiger partial charge >= 0.3 is 0 Å². The normalized spacial score (nSPS) is 11.8. The molecule has 4 heterocycles. The molecule has 11 aromatic rings. The maximum absolute atomic E-state index is 4.96. The molecule has 0 aliphatic rings. The molecule has 5 heteroatoms. The van der Waals surface area contributed by atoms with Crippen LogP contribution in [0.3, 0.4) is 0 Å². The van der Waals surface area contributed by atoms with Crippen molar-refractivity contribution in [1.82, 2.24) is 23.9 Å². The molecule has 0 spiro atoms. The van der Waals surface area contributed by atoms with Gasteiger partial charge < -0.3 is 8.97 Å². The van der Waals surface area contributed by atoms with Gasteiger partial charge in [-0.25, -0.2) is 15.0 Å². The Kier molecular flexibility index (Phi) is 6.18. The first-order valence-corrected chi connectivity index (χ1v) is 17.5. The minimum atomic E-state index is 0.641. The Hall–Kier alpha value is -7.11. The van der Waals surface area contributed by atoms with Gasteiger partial charge in [-0.05, 0) is 60.0 Å². The van der Waals surface area contributed by atoms with E-state index >= 15 is 0 Å². The van der Waals surface area contributed by atoms with Crippen molar-refractivity contribution in [1.29, 1.82) is 0 Å². The van der Waals surface area contributed by atoms with Gasteiger partial charge in [-0.2, -0.15) is 0 Å². The predicted octanol–water partition coefficient (Wildman–Crippen LogP) is 11.7. The summed E-state index contributed by atoms with van der Waals surface area (Å²) in [6.07, 6.45) is 0. The van der Waals surface area contributed by atoms with Crippen LogP contribution in [-0.4, -0.2) is 23.9 Å². The number of nitrogens with zero attached hydrogens (tertiary/aromatic N) is 5. The van der Waals surface area contributed by atoms with Gasteiger partial charge in [0.05, 0.1) is 27.6 Å². The molecule has 0 aliphatic carbocycles. The summed E-state index contributed by atoms with van der Waals surface area (Å²) in [5.41, 5.74) is 9.87. The summed E-state index contributed by atoms with van der Waals surface area (Å²) in [4.78, 5) is 14.8. The van der Waals surface area contributed by atoms with Crippen molar-refractivity contribution >= 4 is 59.9 Å². The van der Waals surface area contributed by atoms with Crippen LogP contribution in [0.5, 0.6) is 0 Å². The number of para-hydroxylation sites is 2. The zero-order chi connectivity index (χ0) is 34.2. The van der Waals surface area contributed by atoms with Crippen molar-refractivity contribution in [3.63, 3.8) is 0 Å². The molecule has 0 N–H and O–H groups in total. The third-order valence-corrected chi connectivity index (χ3v) is 10.3. The van der Waals surface area contributed by atoms with Crippen molar-refractivity contribution in [3.05, 3.63) is 176 Å². The van der Waals surface area contributed by atoms with Crippen molar-refractivity contribution in [3.8, 4) is 39.9 Å². The fourth-order valence-corrected chi connectivity index (χ4v) is 7.94. The van der Waals surface area contributed by atoms with Crippen LogP contribution in [0.2, 0.25) is 0 Å². The molecule has 0 saturated carbocycles. The van der Waals surface area contributed by atoms with Crippen LogP contribution >= 0.6 is 0 Å². The van der Waals surface area contributed by atoms with E-state index in [2.05, 4.69) is 124 Å². The van der Waals surface area contributed by atoms with Gasteiger partial charge in [0.15, 0.2) is 17.5 Å². The molecule has 0 bridgehead atoms. The third kappa shape index (κ3) is 4.33. The number of hydrogen-bond donors (Lipinski definition) is 0. The molecule has 0 aliphatic heterocycles. The first-order chi connectivity index (χ1) is 25.8. The van der Waals surface area contributed by atoms with Crippen LogP contribution in [0.1, 0.15) is 0 Å². The summed E-state index contributed by atoms with van der Waals surface area (Å²) < 4.78 is 4.82. The minimum Gasteiger partial charge on any atom is -0.309 e. The van der Waals surface area contributed by atoms with E-state index < -0.39 is 0 Å². The fraction of sp³-hybridized carbons (Fsp3) is 0. The molecule has 4 aromatic heterocycles. The molecule has 242 valence electrons. The Morgan fingerprint density at radius 1 is 0.308 bits per heavy atom. The molecular formula is C47H29N5. The lowest BCUT2D eigenvalue weighted by Gasteiger charge is -2.11. The second-order valence-corrected chi connectivity index (χ2v) is 13.3. The Balaban J connectivity index is 1.12. The number of pyridine rings is 1. The summed E-state index contributed by atoms with van der Waals surface area (Å²) >= 11 is 0. The summed E-state index contributed by atoms with van der Waals surface area (Å²) in [6, 6.07) is 62.1. The van der Waals surface area contributed by atoms with Crippen LogP contribution < -0.4 is 0 Å². The molecule has 0 atom stereocenters. The smallest absolute Gasteiger partial charge is 0.164 e. The van der Waals surface area contributed by atoms with Gasteiger partial charge in [0.1, 0.15) is 0 Å². The number of hydrogen-bond acceptors (Lipinski definition) is 3. The zero-order valence-electron chi connectivity index (χ0n) is 28.0. The highest BCUT2D eigenvalue weighted by atomic mass is 15.0. The van der Waals surface area contributed by atoms with Gasteiger partial charge in [0, 0.05) is 49.3 Å². The lowest BCUT2D eigenvalue weighted by Crippen LogP contribution is -2.00. The summed E-state index contributed by atoms with van der Waals surface area (Å²) in [7, 11) is 0. The quantitative estimate of drug-likeness (QED) is 0.176. The molecule has 0 amide bonds. The van der Waals surface area contributed by atoms with E-state index in [1.165, 1.54) is 54.4 Å². The lowest BCUT2D eigenvalue weighted by molar-refractivity contribution is 1.07. The van der Waals surface area contributed by atoms with Crippen LogP contribution in [-0.2, 0) is 0 Å². The molecule has 52 heavy (non-hydrogen) atoms. The van der Waals surface area contributed by atoms with Gasteiger partial charge in [0.2, 0.25) is 0 Å². The van der Waals surface area contributed by atoms with Crippen molar-refractivity contribution < 1.29 is 0 Å². The van der Waals surface area contributed by atoms with Crippen LogP contribution in [0.15, 0.2) is 176 Å². The van der Waals surface area contributed by atoms with E-state index in [9.17, 15) is 0 Å². The topological polar surface area (TPSA) is 48.0 Å². The first-order valence-electron chi connectivity index (χ1n) is 17.5. The first kappa shape index (κ1) is 28.7. The number of fused-ring (bicyclic) bond motifs is 11. The van der Waals surface area contributed by atoms with E-state index in [0.717, 1.165) is 27.9 Å². The number of benzene rings is 7. The molecule has 0 saturated heterocycles. The second kappa shape index (κ2) is 11.2. The molecule has 0 unspecified atom stereocenters. The van der Waals surface area contributed by atoms with Crippen LogP contribution in [0.4, 0.5) is 0 Å². The Labute approximate surface area is 298 Å². The molecule has 0 fully saturated rings. The van der Waals surface area contributed by atoms with Crippen molar-refractivity contribution in [2.24, 2.45) is 0 Å². The van der Waals surface area contributed by atoms with E-state index in [-0.39, 0.29) is 0 Å². The van der Waals surface area contributed by atoms with E-state index in [4.69, 9.17) is 15.0 Å². The molecule has 5 nitrogen and oxygen atoms in total. The van der Waals surface area contributed by atoms with Crippen LogP contribution in [0.25, 0.3) is 99.8 Å². The van der Waals surface area contributed by atoms with E-state index in [1.807, 2.05) is 60.7 Å². The average molecular weight is 664 g/mol. The van der Waals surface area contributed by atoms with Gasteiger partial charge in [-0.1, -0.05) is 121 Å². The van der Waals surface area contributed by atoms with Gasteiger partial charge in [-0.15, -0.1) is 0 Å². The van der Waals surface area contributed by atoms with Crippen molar-refractivity contribution in [2.75, 3.05) is 0 Å². The Morgan fingerprint density at radius 3 is 1.40 bits per heavy atom. The molecule has 7 aromatic carbocycles. The number of aromatic nitrogens is 5. The largest absolute Gasteiger partial charge is 0.309 e. The molecule has 0 radical (unpaired) electrons. The maximum Gasteiger partial charge on any atom is 0.164 e. The van der Waals surface area contributed by atoms with E-state index in [0.29, 0.717) is 17.5 Å². The number of rotatable bonds is 4. The average Bonchev–Trinajstić information content (AvgIpc) is 3.76. The highest BCUT2D eigenvalue weighted by molar-refractivity contribution is 6.19. The summed E-state index contributed by atoms with van der Waals surface area (Å²) in [5, 5.41) is 7.47.